The number of nitrogens with zero attached hydrogens (tertiary/aromatic N) is 2. The van der Waals surface area contributed by atoms with Crippen molar-refractivity contribution in [2.24, 2.45) is 0 Å². The van der Waals surface area contributed by atoms with Crippen molar-refractivity contribution in [3.05, 3.63) is 41.2 Å². The summed E-state index contributed by atoms with van der Waals surface area (Å²) in [6, 6.07) is 5.88. The summed E-state index contributed by atoms with van der Waals surface area (Å²) in [4.78, 5) is 8.39. The molecule has 0 unspecified atom stereocenters. The first-order valence-corrected chi connectivity index (χ1v) is 5.85. The highest BCUT2D eigenvalue weighted by Crippen LogP contribution is 2.15. The molecule has 0 spiro atoms. The third-order valence-electron chi connectivity index (χ3n) is 2.12. The van der Waals surface area contributed by atoms with Crippen molar-refractivity contribution in [1.29, 1.82) is 0 Å². The Balaban J connectivity index is 2.35. The highest BCUT2D eigenvalue weighted by atomic mass is 35.5. The molecule has 1 aromatic carbocycles. The molecule has 0 amide bonds. The molecule has 82 valence electrons. The van der Waals surface area contributed by atoms with E-state index in [2.05, 4.69) is 9.97 Å². The molecule has 4 heteroatoms. The summed E-state index contributed by atoms with van der Waals surface area (Å²) in [5.74, 6) is 0.635. The molecule has 0 aliphatic heterocycles. The van der Waals surface area contributed by atoms with Gasteiger partial charge in [-0.2, -0.15) is 0 Å². The Morgan fingerprint density at radius 1 is 1.25 bits per heavy atom. The van der Waals surface area contributed by atoms with Crippen LogP contribution in [0.2, 0.25) is 5.15 Å². The third kappa shape index (κ3) is 2.71. The van der Waals surface area contributed by atoms with E-state index < -0.39 is 0 Å². The van der Waals surface area contributed by atoms with Crippen molar-refractivity contribution in [1.82, 2.24) is 9.97 Å². The summed E-state index contributed by atoms with van der Waals surface area (Å²) in [6.45, 7) is 0. The van der Waals surface area contributed by atoms with Gasteiger partial charge in [0.2, 0.25) is 0 Å². The zero-order valence-corrected chi connectivity index (χ0v) is 10.0. The molecule has 0 N–H and O–H groups in total. The minimum Gasteiger partial charge on any atom is -0.251 e. The summed E-state index contributed by atoms with van der Waals surface area (Å²) in [7, 11) is 0. The van der Waals surface area contributed by atoms with Crippen LogP contribution in [0.4, 0.5) is 0 Å². The van der Waals surface area contributed by atoms with Crippen LogP contribution in [-0.4, -0.2) is 15.8 Å². The molecule has 0 aliphatic rings. The number of hydrogen-bond donors (Lipinski definition) is 0. The van der Waals surface area contributed by atoms with Gasteiger partial charge in [0, 0.05) is 5.88 Å². The van der Waals surface area contributed by atoms with Crippen LogP contribution in [0.5, 0.6) is 0 Å². The van der Waals surface area contributed by atoms with Gasteiger partial charge in [-0.05, 0) is 24.1 Å². The second kappa shape index (κ2) is 5.28. The van der Waals surface area contributed by atoms with Crippen LogP contribution in [0.15, 0.2) is 30.5 Å². The third-order valence-corrected chi connectivity index (χ3v) is 2.52. The van der Waals surface area contributed by atoms with E-state index in [9.17, 15) is 0 Å². The van der Waals surface area contributed by atoms with Gasteiger partial charge in [0.15, 0.2) is 0 Å². The number of alkyl halides is 1. The van der Waals surface area contributed by atoms with Crippen LogP contribution in [0.3, 0.4) is 0 Å². The molecule has 2 rings (SSSR count). The summed E-state index contributed by atoms with van der Waals surface area (Å²) in [5, 5.41) is 0.411. The Morgan fingerprint density at radius 2 is 2.12 bits per heavy atom. The Kier molecular flexibility index (Phi) is 3.75. The lowest BCUT2D eigenvalue weighted by Crippen LogP contribution is -1.84. The summed E-state index contributed by atoms with van der Waals surface area (Å²) < 4.78 is 0. The van der Waals surface area contributed by atoms with E-state index in [1.54, 1.807) is 6.20 Å². The molecule has 0 saturated carbocycles. The highest BCUT2D eigenvalue weighted by Gasteiger charge is 1.98. The maximum Gasteiger partial charge on any atom is 0.148 e. The molecule has 16 heavy (non-hydrogen) atoms. The average molecular weight is 253 g/mol. The topological polar surface area (TPSA) is 25.8 Å². The Bertz CT molecular complexity index is 523. The van der Waals surface area contributed by atoms with Gasteiger partial charge >= 0.3 is 0 Å². The normalized spacial score (nSPS) is 11.4. The largest absolute Gasteiger partial charge is 0.251 e. The van der Waals surface area contributed by atoms with Gasteiger partial charge < -0.3 is 0 Å². The maximum atomic E-state index is 5.79. The number of aromatic nitrogens is 2. The van der Waals surface area contributed by atoms with Gasteiger partial charge in [0.1, 0.15) is 5.15 Å². The van der Waals surface area contributed by atoms with E-state index in [1.807, 2.05) is 30.4 Å². The molecule has 0 atom stereocenters. The van der Waals surface area contributed by atoms with E-state index >= 15 is 0 Å². The van der Waals surface area contributed by atoms with Gasteiger partial charge in [-0.3, -0.25) is 4.98 Å². The minimum atomic E-state index is 0.411. The lowest BCUT2D eigenvalue weighted by Gasteiger charge is -1.98. The Hall–Kier alpha value is -1.12. The SMILES string of the molecule is ClCCC=Cc1ccc2ncc(Cl)nc2c1. The first-order chi connectivity index (χ1) is 7.79. The van der Waals surface area contributed by atoms with Crippen molar-refractivity contribution in [2.75, 3.05) is 5.88 Å². The highest BCUT2D eigenvalue weighted by molar-refractivity contribution is 6.29. The van der Waals surface area contributed by atoms with Crippen molar-refractivity contribution < 1.29 is 0 Å². The second-order valence-corrected chi connectivity index (χ2v) is 4.09. The van der Waals surface area contributed by atoms with Crippen molar-refractivity contribution >= 4 is 40.3 Å². The first kappa shape index (κ1) is 11.4. The number of hydrogen-bond acceptors (Lipinski definition) is 2. The fourth-order valence-corrected chi connectivity index (χ4v) is 1.66. The monoisotopic (exact) mass is 252 g/mol. The zero-order valence-electron chi connectivity index (χ0n) is 8.53. The molecule has 0 fully saturated rings. The Labute approximate surface area is 104 Å². The fourth-order valence-electron chi connectivity index (χ4n) is 1.39. The number of benzene rings is 1. The van der Waals surface area contributed by atoms with Gasteiger partial charge in [-0.15, -0.1) is 11.6 Å². The Morgan fingerprint density at radius 3 is 2.94 bits per heavy atom. The molecule has 1 aromatic heterocycles. The summed E-state index contributed by atoms with van der Waals surface area (Å²) in [6.07, 6.45) is 6.46. The molecule has 2 aromatic rings. The molecule has 0 saturated heterocycles. The van der Waals surface area contributed by atoms with E-state index in [4.69, 9.17) is 23.2 Å². The minimum absolute atomic E-state index is 0.411. The van der Waals surface area contributed by atoms with E-state index in [1.165, 1.54) is 0 Å². The lowest BCUT2D eigenvalue weighted by molar-refractivity contribution is 1.24. The molecule has 0 bridgehead atoms. The number of fused-ring (bicyclic) bond motifs is 1. The smallest absolute Gasteiger partial charge is 0.148 e. The van der Waals surface area contributed by atoms with Crippen molar-refractivity contribution in [2.45, 2.75) is 6.42 Å². The predicted molar refractivity (Wildman–Crippen MR) is 68.9 cm³/mol. The first-order valence-electron chi connectivity index (χ1n) is 4.94. The average Bonchev–Trinajstić information content (AvgIpc) is 2.29. The van der Waals surface area contributed by atoms with Crippen LogP contribution < -0.4 is 0 Å². The molecular weight excluding hydrogens is 243 g/mol. The molecule has 0 aliphatic carbocycles. The number of rotatable bonds is 3. The van der Waals surface area contributed by atoms with Crippen LogP contribution in [0.1, 0.15) is 12.0 Å². The lowest BCUT2D eigenvalue weighted by atomic mass is 10.1. The van der Waals surface area contributed by atoms with E-state index in [-0.39, 0.29) is 0 Å². The number of allylic oxidation sites excluding steroid dienone is 1. The predicted octanol–water partition coefficient (Wildman–Crippen LogP) is 3.93. The molecular formula is C12H10Cl2N2. The van der Waals surface area contributed by atoms with Gasteiger partial charge in [0.25, 0.3) is 0 Å². The van der Waals surface area contributed by atoms with Crippen LogP contribution in [0.25, 0.3) is 17.1 Å². The molecule has 2 nitrogen and oxygen atoms in total. The summed E-state index contributed by atoms with van der Waals surface area (Å²) >= 11 is 11.4. The van der Waals surface area contributed by atoms with Crippen molar-refractivity contribution in [3.8, 4) is 0 Å². The van der Waals surface area contributed by atoms with Gasteiger partial charge in [0.05, 0.1) is 17.2 Å². The molecule has 1 heterocycles. The van der Waals surface area contributed by atoms with Crippen LogP contribution >= 0.6 is 23.2 Å². The zero-order chi connectivity index (χ0) is 11.4. The number of halogens is 2. The van der Waals surface area contributed by atoms with Crippen LogP contribution in [-0.2, 0) is 0 Å². The van der Waals surface area contributed by atoms with Gasteiger partial charge in [-0.25, -0.2) is 4.98 Å². The quantitative estimate of drug-likeness (QED) is 0.774. The van der Waals surface area contributed by atoms with Crippen LogP contribution in [0, 0.1) is 0 Å². The molecule has 0 radical (unpaired) electrons. The standard InChI is InChI=1S/C12H10Cl2N2/c13-6-2-1-3-9-4-5-10-11(7-9)16-12(14)8-15-10/h1,3-5,7-8H,2,6H2. The van der Waals surface area contributed by atoms with Crippen molar-refractivity contribution in [3.63, 3.8) is 0 Å². The second-order valence-electron chi connectivity index (χ2n) is 3.32. The maximum absolute atomic E-state index is 5.79. The van der Waals surface area contributed by atoms with Gasteiger partial charge in [-0.1, -0.05) is 29.8 Å². The fraction of sp³-hybridized carbons (Fsp3) is 0.167. The summed E-state index contributed by atoms with van der Waals surface area (Å²) in [5.41, 5.74) is 2.73. The van der Waals surface area contributed by atoms with E-state index in [0.29, 0.717) is 11.0 Å². The van der Waals surface area contributed by atoms with E-state index in [0.717, 1.165) is 23.0 Å².